The van der Waals surface area contributed by atoms with Crippen LogP contribution >= 0.6 is 0 Å². The number of likely N-dealkylation sites (tertiary alicyclic amines) is 1. The summed E-state index contributed by atoms with van der Waals surface area (Å²) in [5.41, 5.74) is 2.55. The van der Waals surface area contributed by atoms with E-state index in [2.05, 4.69) is 34.1 Å². The normalized spacial score (nSPS) is 29.9. The van der Waals surface area contributed by atoms with Gasteiger partial charge in [0.2, 0.25) is 0 Å². The number of aromatic amines is 1. The number of aliphatic hydroxyl groups excluding tert-OH is 1. The molecule has 10 nitrogen and oxygen atoms in total. The number of aromatic nitrogens is 4. The topological polar surface area (TPSA) is 115 Å². The molecule has 5 atom stereocenters. The second-order valence-corrected chi connectivity index (χ2v) is 9.96. The Bertz CT molecular complexity index is 1490. The zero-order chi connectivity index (χ0) is 24.6. The lowest BCUT2D eigenvalue weighted by atomic mass is 9.53. The van der Waals surface area contributed by atoms with Crippen molar-refractivity contribution in [2.45, 2.75) is 36.5 Å². The van der Waals surface area contributed by atoms with Crippen LogP contribution in [0.2, 0.25) is 0 Å². The Balaban J connectivity index is 0.000000151. The maximum atomic E-state index is 11.3. The Morgan fingerprint density at radius 2 is 2.03 bits per heavy atom. The highest BCUT2D eigenvalue weighted by Crippen LogP contribution is 2.62. The maximum absolute atomic E-state index is 11.3. The number of likely N-dealkylation sites (N-methyl/N-ethyl adjacent to an activating group) is 1. The molecule has 10 heteroatoms. The van der Waals surface area contributed by atoms with Crippen LogP contribution in [0.1, 0.15) is 17.5 Å². The van der Waals surface area contributed by atoms with Gasteiger partial charge < -0.3 is 24.0 Å². The van der Waals surface area contributed by atoms with Crippen molar-refractivity contribution in [3.8, 4) is 11.5 Å². The molecule has 2 aliphatic carbocycles. The van der Waals surface area contributed by atoms with Crippen LogP contribution in [0.15, 0.2) is 40.2 Å². The van der Waals surface area contributed by atoms with Crippen molar-refractivity contribution in [1.82, 2.24) is 24.0 Å². The molecule has 7 rings (SSSR count). The van der Waals surface area contributed by atoms with Gasteiger partial charge in [-0.3, -0.25) is 14.3 Å². The van der Waals surface area contributed by atoms with Crippen LogP contribution in [0.4, 0.5) is 0 Å². The number of fused-ring (bicyclic) bond motifs is 1. The van der Waals surface area contributed by atoms with Crippen molar-refractivity contribution in [2.24, 2.45) is 20.0 Å². The standard InChI is InChI=1S/C18H21NO3.C7H8N4O2/c1-19-8-7-18-11-4-5-13(20)17(18)22-16-14(21-2)6-3-10(15(16)18)9-12(11)19;1-10-3-8-5-4(10)6(12)9-7(13)11(5)2/h3-6,11-13,17,20H,7-9H2,1-2H3;3H,1-2H3,(H,9,12,13)/t11-,12+,13-,17-,18-;/m0./s1. The third-order valence-electron chi connectivity index (χ3n) is 8.33. The lowest BCUT2D eigenvalue weighted by molar-refractivity contribution is -0.0453. The summed E-state index contributed by atoms with van der Waals surface area (Å²) in [6.07, 6.45) is 7.04. The maximum Gasteiger partial charge on any atom is 0.329 e. The first-order chi connectivity index (χ1) is 16.8. The molecule has 2 aliphatic heterocycles. The molecule has 35 heavy (non-hydrogen) atoms. The number of aliphatic hydroxyl groups is 1. The van der Waals surface area contributed by atoms with Gasteiger partial charge in [-0.1, -0.05) is 18.2 Å². The second kappa shape index (κ2) is 7.56. The molecule has 1 fully saturated rings. The Morgan fingerprint density at radius 3 is 2.80 bits per heavy atom. The number of hydrogen-bond acceptors (Lipinski definition) is 7. The van der Waals surface area contributed by atoms with Crippen LogP contribution in [-0.4, -0.2) is 68.1 Å². The minimum absolute atomic E-state index is 0.0806. The highest BCUT2D eigenvalue weighted by Gasteiger charge is 2.64. The van der Waals surface area contributed by atoms with Gasteiger partial charge >= 0.3 is 5.69 Å². The molecule has 0 radical (unpaired) electrons. The van der Waals surface area contributed by atoms with Crippen LogP contribution in [-0.2, 0) is 25.9 Å². The first-order valence-electron chi connectivity index (χ1n) is 11.8. The highest BCUT2D eigenvalue weighted by atomic mass is 16.5. The quantitative estimate of drug-likeness (QED) is 0.488. The number of hydrogen-bond donors (Lipinski definition) is 2. The summed E-state index contributed by atoms with van der Waals surface area (Å²) in [5.74, 6) is 2.09. The molecule has 0 amide bonds. The monoisotopic (exact) mass is 479 g/mol. The van der Waals surface area contributed by atoms with Crippen LogP contribution in [0.25, 0.3) is 11.2 Å². The molecular weight excluding hydrogens is 450 g/mol. The predicted molar refractivity (Wildman–Crippen MR) is 129 cm³/mol. The molecule has 3 aromatic rings. The second-order valence-electron chi connectivity index (χ2n) is 9.96. The zero-order valence-electron chi connectivity index (χ0n) is 20.2. The van der Waals surface area contributed by atoms with Gasteiger partial charge in [-0.2, -0.15) is 0 Å². The van der Waals surface area contributed by atoms with E-state index < -0.39 is 17.4 Å². The molecule has 2 aromatic heterocycles. The Kier molecular flexibility index (Phi) is 4.78. The molecule has 1 aromatic carbocycles. The van der Waals surface area contributed by atoms with E-state index in [1.165, 1.54) is 22.0 Å². The number of ether oxygens (including phenoxy) is 2. The van der Waals surface area contributed by atoms with Gasteiger partial charge in [0, 0.05) is 37.0 Å². The van der Waals surface area contributed by atoms with Crippen molar-refractivity contribution < 1.29 is 14.6 Å². The number of rotatable bonds is 1. The van der Waals surface area contributed by atoms with Gasteiger partial charge in [0.1, 0.15) is 12.2 Å². The average molecular weight is 480 g/mol. The number of aryl methyl sites for hydroxylation is 2. The molecule has 0 saturated carbocycles. The molecule has 1 spiro atoms. The number of nitrogens with zero attached hydrogens (tertiary/aromatic N) is 4. The number of imidazole rings is 1. The van der Waals surface area contributed by atoms with Gasteiger partial charge in [-0.05, 0) is 38.1 Å². The van der Waals surface area contributed by atoms with Crippen LogP contribution in [0.3, 0.4) is 0 Å². The fourth-order valence-electron chi connectivity index (χ4n) is 6.65. The van der Waals surface area contributed by atoms with E-state index in [1.807, 2.05) is 12.1 Å². The van der Waals surface area contributed by atoms with E-state index in [0.717, 1.165) is 30.9 Å². The lowest BCUT2D eigenvalue weighted by Gasteiger charge is -2.56. The Morgan fingerprint density at radius 1 is 1.23 bits per heavy atom. The molecule has 2 N–H and O–H groups in total. The predicted octanol–water partition coefficient (Wildman–Crippen LogP) is 0.461. The zero-order valence-corrected chi connectivity index (χ0v) is 20.2. The minimum Gasteiger partial charge on any atom is -0.493 e. The number of H-pyrrole nitrogens is 1. The summed E-state index contributed by atoms with van der Waals surface area (Å²) in [4.78, 5) is 31.0. The van der Waals surface area contributed by atoms with Gasteiger partial charge in [-0.15, -0.1) is 0 Å². The van der Waals surface area contributed by atoms with Crippen LogP contribution < -0.4 is 20.7 Å². The van der Waals surface area contributed by atoms with E-state index in [0.29, 0.717) is 23.1 Å². The number of benzene rings is 1. The van der Waals surface area contributed by atoms with Gasteiger partial charge in [0.15, 0.2) is 22.7 Å². The summed E-state index contributed by atoms with van der Waals surface area (Å²) in [7, 11) is 7.17. The van der Waals surface area contributed by atoms with E-state index in [4.69, 9.17) is 9.47 Å². The molecule has 2 bridgehead atoms. The van der Waals surface area contributed by atoms with E-state index in [-0.39, 0.29) is 11.5 Å². The minimum atomic E-state index is -0.539. The van der Waals surface area contributed by atoms with Crippen molar-refractivity contribution in [2.75, 3.05) is 20.7 Å². The molecular formula is C25H29N5O5. The van der Waals surface area contributed by atoms with Crippen LogP contribution in [0.5, 0.6) is 11.5 Å². The molecule has 0 unspecified atom stereocenters. The lowest BCUT2D eigenvalue weighted by Crippen LogP contribution is -2.64. The average Bonchev–Trinajstić information content (AvgIpc) is 3.40. The van der Waals surface area contributed by atoms with Gasteiger partial charge in [0.25, 0.3) is 5.56 Å². The summed E-state index contributed by atoms with van der Waals surface area (Å²) in [5, 5.41) is 10.6. The Labute approximate surface area is 201 Å². The van der Waals surface area contributed by atoms with Gasteiger partial charge in [-0.25, -0.2) is 9.78 Å². The van der Waals surface area contributed by atoms with Crippen molar-refractivity contribution in [3.05, 3.63) is 62.6 Å². The van der Waals surface area contributed by atoms with Gasteiger partial charge in [0.05, 0.1) is 13.4 Å². The molecule has 4 heterocycles. The molecule has 4 aliphatic rings. The smallest absolute Gasteiger partial charge is 0.329 e. The summed E-state index contributed by atoms with van der Waals surface area (Å²) < 4.78 is 14.7. The van der Waals surface area contributed by atoms with Crippen molar-refractivity contribution in [1.29, 1.82) is 0 Å². The van der Waals surface area contributed by atoms with E-state index in [1.54, 1.807) is 25.8 Å². The third-order valence-corrected chi connectivity index (χ3v) is 8.33. The number of nitrogens with one attached hydrogen (secondary N) is 1. The fourth-order valence-corrected chi connectivity index (χ4v) is 6.65. The summed E-state index contributed by atoms with van der Waals surface area (Å²) in [6, 6.07) is 4.70. The first-order valence-corrected chi connectivity index (χ1v) is 11.8. The first kappa shape index (κ1) is 22.1. The number of methoxy groups -OCH3 is 1. The van der Waals surface area contributed by atoms with E-state index >= 15 is 0 Å². The summed E-state index contributed by atoms with van der Waals surface area (Å²) in [6.45, 7) is 1.05. The SMILES string of the molecule is COc1ccc2c3c1O[C@H]1[C@@H](O)C=C[C@H]4[C@@H](C2)N(C)CC[C@@]341.Cn1cnc2c1c(=O)[nH]c(=O)n2C. The molecule has 184 valence electrons. The van der Waals surface area contributed by atoms with E-state index in [9.17, 15) is 14.7 Å². The highest BCUT2D eigenvalue weighted by molar-refractivity contribution is 5.69. The molecule has 1 saturated heterocycles. The van der Waals surface area contributed by atoms with Crippen molar-refractivity contribution >= 4 is 11.2 Å². The van der Waals surface area contributed by atoms with Crippen molar-refractivity contribution in [3.63, 3.8) is 0 Å². The van der Waals surface area contributed by atoms with Crippen LogP contribution in [0, 0.1) is 5.92 Å². The Hall–Kier alpha value is -3.37. The third kappa shape index (κ3) is 2.86. The summed E-state index contributed by atoms with van der Waals surface area (Å²) >= 11 is 0. The fraction of sp³-hybridized carbons (Fsp3) is 0.480. The largest absolute Gasteiger partial charge is 0.493 e. The number of piperidine rings is 1.